The Morgan fingerprint density at radius 3 is 2.16 bits per heavy atom. The minimum atomic E-state index is -3.06. The maximum atomic E-state index is 12.4. The van der Waals surface area contributed by atoms with Crippen molar-refractivity contribution in [3.63, 3.8) is 0 Å². The standard InChI is InChI=1S/C11H28N2O4P2/c1-5-16-19(15,17-6-2)11-13(10-18-14)9-7-8-12(3)4/h14,18H,5-11H2,1-4H3. The van der Waals surface area contributed by atoms with Gasteiger partial charge in [0.15, 0.2) is 0 Å². The van der Waals surface area contributed by atoms with Crippen LogP contribution in [0, 0.1) is 0 Å². The third-order valence-electron chi connectivity index (χ3n) is 2.40. The lowest BCUT2D eigenvalue weighted by Gasteiger charge is -2.26. The summed E-state index contributed by atoms with van der Waals surface area (Å²) in [5.74, 6) is 0. The molecule has 0 spiro atoms. The van der Waals surface area contributed by atoms with Gasteiger partial charge in [0.05, 0.1) is 13.2 Å². The van der Waals surface area contributed by atoms with Gasteiger partial charge in [-0.05, 0) is 40.9 Å². The van der Waals surface area contributed by atoms with E-state index in [2.05, 4.69) is 4.90 Å². The highest BCUT2D eigenvalue weighted by Crippen LogP contribution is 2.48. The first-order valence-electron chi connectivity index (χ1n) is 6.59. The summed E-state index contributed by atoms with van der Waals surface area (Å²) >= 11 is 0. The molecule has 0 aromatic rings. The molecule has 0 aliphatic rings. The van der Waals surface area contributed by atoms with E-state index in [9.17, 15) is 4.57 Å². The molecule has 0 fully saturated rings. The largest absolute Gasteiger partial charge is 0.376 e. The molecule has 0 amide bonds. The van der Waals surface area contributed by atoms with Crippen LogP contribution in [0.1, 0.15) is 20.3 Å². The molecule has 6 nitrogen and oxygen atoms in total. The molecule has 19 heavy (non-hydrogen) atoms. The van der Waals surface area contributed by atoms with E-state index in [1.807, 2.05) is 19.0 Å². The number of nitrogens with zero attached hydrogens (tertiary/aromatic N) is 2. The fourth-order valence-electron chi connectivity index (χ4n) is 1.67. The van der Waals surface area contributed by atoms with Crippen molar-refractivity contribution in [2.24, 2.45) is 0 Å². The van der Waals surface area contributed by atoms with Crippen LogP contribution in [0.15, 0.2) is 0 Å². The Balaban J connectivity index is 4.38. The van der Waals surface area contributed by atoms with E-state index in [0.29, 0.717) is 19.5 Å². The Labute approximate surface area is 118 Å². The summed E-state index contributed by atoms with van der Waals surface area (Å²) in [7, 11) is 0.785. The third-order valence-corrected chi connectivity index (χ3v) is 5.04. The Kier molecular flexibility index (Phi) is 11.4. The van der Waals surface area contributed by atoms with Crippen LogP contribution >= 0.6 is 16.4 Å². The molecule has 0 rings (SSSR count). The minimum Gasteiger partial charge on any atom is -0.376 e. The molecule has 8 heteroatoms. The van der Waals surface area contributed by atoms with Gasteiger partial charge in [0.2, 0.25) is 0 Å². The Bertz CT molecular complexity index is 257. The number of hydrogen-bond donors (Lipinski definition) is 1. The van der Waals surface area contributed by atoms with E-state index in [4.69, 9.17) is 13.9 Å². The fraction of sp³-hybridized carbons (Fsp3) is 1.00. The van der Waals surface area contributed by atoms with E-state index in [1.54, 1.807) is 13.8 Å². The van der Waals surface area contributed by atoms with Gasteiger partial charge in [0.25, 0.3) is 0 Å². The first-order valence-corrected chi connectivity index (χ1v) is 9.47. The van der Waals surface area contributed by atoms with Crippen LogP contribution in [-0.2, 0) is 13.6 Å². The second kappa shape index (κ2) is 11.2. The molecule has 0 aromatic heterocycles. The van der Waals surface area contributed by atoms with Gasteiger partial charge >= 0.3 is 7.60 Å². The van der Waals surface area contributed by atoms with Crippen LogP contribution in [0.25, 0.3) is 0 Å². The van der Waals surface area contributed by atoms with Crippen LogP contribution in [-0.4, -0.2) is 67.7 Å². The molecule has 0 aliphatic heterocycles. The predicted molar refractivity (Wildman–Crippen MR) is 81.0 cm³/mol. The van der Waals surface area contributed by atoms with Crippen molar-refractivity contribution in [2.75, 3.05) is 53.0 Å². The van der Waals surface area contributed by atoms with E-state index in [-0.39, 0.29) is 15.1 Å². The number of rotatable bonds is 12. The Morgan fingerprint density at radius 2 is 1.74 bits per heavy atom. The Hall–Kier alpha value is 0.460. The van der Waals surface area contributed by atoms with Crippen LogP contribution < -0.4 is 0 Å². The molecule has 116 valence electrons. The zero-order valence-corrected chi connectivity index (χ0v) is 14.4. The average Bonchev–Trinajstić information content (AvgIpc) is 2.29. The molecule has 1 atom stereocenters. The maximum Gasteiger partial charge on any atom is 0.344 e. The highest BCUT2D eigenvalue weighted by atomic mass is 31.2. The van der Waals surface area contributed by atoms with Crippen LogP contribution in [0.5, 0.6) is 0 Å². The monoisotopic (exact) mass is 314 g/mol. The molecule has 1 N–H and O–H groups in total. The zero-order chi connectivity index (χ0) is 14.7. The van der Waals surface area contributed by atoms with Crippen molar-refractivity contribution in [3.8, 4) is 0 Å². The quantitative estimate of drug-likeness (QED) is 0.556. The first kappa shape index (κ1) is 19.5. The molecule has 0 saturated carbocycles. The highest BCUT2D eigenvalue weighted by Gasteiger charge is 2.26. The van der Waals surface area contributed by atoms with Crippen molar-refractivity contribution >= 4 is 16.4 Å². The molecular formula is C11H28N2O4P2. The van der Waals surface area contributed by atoms with Crippen molar-refractivity contribution in [1.82, 2.24) is 9.80 Å². The van der Waals surface area contributed by atoms with Crippen molar-refractivity contribution in [1.29, 1.82) is 0 Å². The predicted octanol–water partition coefficient (Wildman–Crippen LogP) is 2.01. The van der Waals surface area contributed by atoms with Crippen LogP contribution in [0.3, 0.4) is 0 Å². The molecule has 0 saturated heterocycles. The maximum absolute atomic E-state index is 12.4. The van der Waals surface area contributed by atoms with Gasteiger partial charge in [-0.25, -0.2) is 0 Å². The van der Waals surface area contributed by atoms with Crippen molar-refractivity contribution < 1.29 is 18.5 Å². The van der Waals surface area contributed by atoms with Gasteiger partial charge in [-0.1, -0.05) is 0 Å². The zero-order valence-electron chi connectivity index (χ0n) is 12.5. The van der Waals surface area contributed by atoms with Gasteiger partial charge in [0.1, 0.15) is 6.29 Å². The molecule has 0 heterocycles. The summed E-state index contributed by atoms with van der Waals surface area (Å²) in [5.41, 5.74) is 0. The summed E-state index contributed by atoms with van der Waals surface area (Å²) in [5, 5.41) is 0. The smallest absolute Gasteiger partial charge is 0.344 e. The van der Waals surface area contributed by atoms with Crippen molar-refractivity contribution in [2.45, 2.75) is 20.3 Å². The summed E-state index contributed by atoms with van der Waals surface area (Å²) in [6.45, 7) is 6.06. The molecular weight excluding hydrogens is 286 g/mol. The third kappa shape index (κ3) is 9.91. The van der Waals surface area contributed by atoms with E-state index in [1.165, 1.54) is 0 Å². The fourth-order valence-corrected chi connectivity index (χ4v) is 4.08. The second-order valence-corrected chi connectivity index (χ2v) is 7.11. The van der Waals surface area contributed by atoms with Gasteiger partial charge in [0, 0.05) is 21.6 Å². The summed E-state index contributed by atoms with van der Waals surface area (Å²) in [6.07, 6.45) is 1.71. The first-order chi connectivity index (χ1) is 8.97. The van der Waals surface area contributed by atoms with Gasteiger partial charge in [-0.2, -0.15) is 0 Å². The summed E-state index contributed by atoms with van der Waals surface area (Å²) in [6, 6.07) is 0. The van der Waals surface area contributed by atoms with Gasteiger partial charge in [-0.15, -0.1) is 0 Å². The van der Waals surface area contributed by atoms with Gasteiger partial charge in [-0.3, -0.25) is 9.46 Å². The normalized spacial score (nSPS) is 13.2. The molecule has 0 aliphatic carbocycles. The lowest BCUT2D eigenvalue weighted by atomic mass is 10.4. The van der Waals surface area contributed by atoms with E-state index >= 15 is 0 Å². The van der Waals surface area contributed by atoms with E-state index in [0.717, 1.165) is 19.5 Å². The average molecular weight is 314 g/mol. The highest BCUT2D eigenvalue weighted by molar-refractivity contribution is 7.53. The molecule has 0 aromatic carbocycles. The molecule has 0 bridgehead atoms. The molecule has 0 radical (unpaired) electrons. The van der Waals surface area contributed by atoms with Crippen LogP contribution in [0.2, 0.25) is 0 Å². The number of hydrogen-bond acceptors (Lipinski definition) is 6. The topological polar surface area (TPSA) is 62.2 Å². The minimum absolute atomic E-state index is 0.186. The van der Waals surface area contributed by atoms with Crippen LogP contribution in [0.4, 0.5) is 0 Å². The lowest BCUT2D eigenvalue weighted by Crippen LogP contribution is -2.28. The SMILES string of the molecule is CCOP(=O)(CN(CCCN(C)C)CPO)OCC. The summed E-state index contributed by atoms with van der Waals surface area (Å²) < 4.78 is 23.0. The Morgan fingerprint density at radius 1 is 1.16 bits per heavy atom. The van der Waals surface area contributed by atoms with Gasteiger partial charge < -0.3 is 18.8 Å². The molecule has 1 unspecified atom stereocenters. The lowest BCUT2D eigenvalue weighted by molar-refractivity contribution is 0.199. The van der Waals surface area contributed by atoms with E-state index < -0.39 is 7.60 Å². The second-order valence-electron chi connectivity index (χ2n) is 4.46. The van der Waals surface area contributed by atoms with Crippen molar-refractivity contribution in [3.05, 3.63) is 0 Å². The summed E-state index contributed by atoms with van der Waals surface area (Å²) in [4.78, 5) is 13.2.